The summed E-state index contributed by atoms with van der Waals surface area (Å²) in [5.41, 5.74) is 0.614. The van der Waals surface area contributed by atoms with Crippen molar-refractivity contribution in [2.45, 2.75) is 38.7 Å². The van der Waals surface area contributed by atoms with E-state index in [-0.39, 0.29) is 19.0 Å². The minimum Gasteiger partial charge on any atom is -0.463 e. The molecule has 0 amide bonds. The van der Waals surface area contributed by atoms with Gasteiger partial charge in [0.25, 0.3) is 10.2 Å². The molecule has 0 aliphatic carbocycles. The van der Waals surface area contributed by atoms with Crippen LogP contribution in [-0.2, 0) is 33.5 Å². The molecule has 0 saturated carbocycles. The van der Waals surface area contributed by atoms with E-state index >= 15 is 0 Å². The van der Waals surface area contributed by atoms with Crippen molar-refractivity contribution in [1.29, 1.82) is 0 Å². The van der Waals surface area contributed by atoms with Crippen LogP contribution in [0.15, 0.2) is 36.4 Å². The number of carbonyl (C=O) groups excluding carboxylic acids is 3. The lowest BCUT2D eigenvalue weighted by Gasteiger charge is -2.17. The quantitative estimate of drug-likeness (QED) is 0.120. The highest BCUT2D eigenvalue weighted by Crippen LogP contribution is 2.26. The highest BCUT2D eigenvalue weighted by atomic mass is 17.0. The van der Waals surface area contributed by atoms with Crippen molar-refractivity contribution in [2.24, 2.45) is 0 Å². The average Bonchev–Trinajstić information content (AvgIpc) is 2.83. The minimum absolute atomic E-state index is 0.00206. The SMILES string of the molecule is CC(OC(=O)C(C)c1ccc2cc(OC(=O)CO[N+](=O)[O-])ccc2c1)C(=O)OCCCCO[N+](=O)[O-]. The number of hydrogen-bond acceptors (Lipinski definition) is 12. The maximum atomic E-state index is 12.5. The summed E-state index contributed by atoms with van der Waals surface area (Å²) in [7, 11) is 0. The third-order valence-corrected chi connectivity index (χ3v) is 4.81. The Morgan fingerprint density at radius 1 is 0.861 bits per heavy atom. The Kier molecular flexibility index (Phi) is 10.3. The van der Waals surface area contributed by atoms with Crippen LogP contribution >= 0.6 is 0 Å². The first-order valence-electron chi connectivity index (χ1n) is 10.7. The van der Waals surface area contributed by atoms with Crippen LogP contribution in [0.2, 0.25) is 0 Å². The van der Waals surface area contributed by atoms with Gasteiger partial charge in [0.15, 0.2) is 12.7 Å². The molecule has 14 heteroatoms. The molecule has 0 spiro atoms. The second-order valence-corrected chi connectivity index (χ2v) is 7.47. The van der Waals surface area contributed by atoms with Gasteiger partial charge in [-0.05, 0) is 55.2 Å². The van der Waals surface area contributed by atoms with Crippen LogP contribution in [0, 0.1) is 20.2 Å². The second-order valence-electron chi connectivity index (χ2n) is 7.47. The molecule has 2 aromatic rings. The topological polar surface area (TPSA) is 184 Å². The number of esters is 3. The predicted molar refractivity (Wildman–Crippen MR) is 120 cm³/mol. The lowest BCUT2D eigenvalue weighted by molar-refractivity contribution is -0.757. The Hall–Kier alpha value is -4.49. The van der Waals surface area contributed by atoms with Crippen molar-refractivity contribution in [3.63, 3.8) is 0 Å². The molecule has 2 atom stereocenters. The number of unbranched alkanes of at least 4 members (excludes halogenated alkanes) is 1. The molecule has 0 fully saturated rings. The lowest BCUT2D eigenvalue weighted by atomic mass is 9.98. The minimum atomic E-state index is -1.15. The van der Waals surface area contributed by atoms with Crippen LogP contribution in [0.3, 0.4) is 0 Å². The molecule has 0 N–H and O–H groups in total. The van der Waals surface area contributed by atoms with E-state index in [9.17, 15) is 34.6 Å². The van der Waals surface area contributed by atoms with Crippen LogP contribution in [-0.4, -0.2) is 54.0 Å². The Morgan fingerprint density at radius 3 is 2.19 bits per heavy atom. The molecule has 2 unspecified atom stereocenters. The molecule has 0 saturated heterocycles. The first-order chi connectivity index (χ1) is 17.1. The standard InChI is InChI=1S/C22H24N2O12/c1-14(21(26)35-15(2)22(27)32-9-3-4-10-33-23(28)29)16-5-6-18-12-19(8-7-17(18)11-16)36-20(25)13-34-24(30)31/h5-8,11-12,14-15H,3-4,9-10,13H2,1-2H3. The lowest BCUT2D eigenvalue weighted by Crippen LogP contribution is -2.28. The van der Waals surface area contributed by atoms with Crippen molar-refractivity contribution >= 4 is 28.7 Å². The van der Waals surface area contributed by atoms with E-state index in [1.54, 1.807) is 37.3 Å². The zero-order chi connectivity index (χ0) is 26.7. The smallest absolute Gasteiger partial charge is 0.347 e. The van der Waals surface area contributed by atoms with Gasteiger partial charge in [-0.2, -0.15) is 0 Å². The molecule has 0 aliphatic rings. The van der Waals surface area contributed by atoms with Gasteiger partial charge < -0.3 is 23.9 Å². The Balaban J connectivity index is 1.88. The summed E-state index contributed by atoms with van der Waals surface area (Å²) in [6.07, 6.45) is -0.477. The van der Waals surface area contributed by atoms with Crippen molar-refractivity contribution in [3.8, 4) is 5.75 Å². The highest BCUT2D eigenvalue weighted by molar-refractivity contribution is 5.88. The van der Waals surface area contributed by atoms with Crippen molar-refractivity contribution in [2.75, 3.05) is 19.8 Å². The summed E-state index contributed by atoms with van der Waals surface area (Å²) in [4.78, 5) is 64.4. The maximum Gasteiger partial charge on any atom is 0.347 e. The van der Waals surface area contributed by atoms with Gasteiger partial charge in [-0.25, -0.2) is 9.59 Å². The molecule has 0 aliphatic heterocycles. The van der Waals surface area contributed by atoms with Gasteiger partial charge in [0.1, 0.15) is 5.75 Å². The van der Waals surface area contributed by atoms with Crippen LogP contribution < -0.4 is 4.74 Å². The maximum absolute atomic E-state index is 12.5. The molecule has 2 rings (SSSR count). The molecule has 0 bridgehead atoms. The number of benzene rings is 2. The molecular weight excluding hydrogens is 484 g/mol. The van der Waals surface area contributed by atoms with E-state index in [1.165, 1.54) is 13.0 Å². The Labute approximate surface area is 204 Å². The fraction of sp³-hybridized carbons (Fsp3) is 0.409. The van der Waals surface area contributed by atoms with Crippen LogP contribution in [0.4, 0.5) is 0 Å². The molecule has 0 radical (unpaired) electrons. The highest BCUT2D eigenvalue weighted by Gasteiger charge is 2.24. The zero-order valence-electron chi connectivity index (χ0n) is 19.4. The molecular formula is C22H24N2O12. The molecule has 14 nitrogen and oxygen atoms in total. The van der Waals surface area contributed by atoms with E-state index in [2.05, 4.69) is 9.68 Å². The third-order valence-electron chi connectivity index (χ3n) is 4.81. The Bertz CT molecular complexity index is 1120. The molecule has 0 aromatic heterocycles. The van der Waals surface area contributed by atoms with Crippen molar-refractivity contribution < 1.29 is 48.4 Å². The molecule has 194 valence electrons. The summed E-state index contributed by atoms with van der Waals surface area (Å²) >= 11 is 0. The average molecular weight is 508 g/mol. The van der Waals surface area contributed by atoms with Gasteiger partial charge in [-0.1, -0.05) is 24.3 Å². The van der Waals surface area contributed by atoms with E-state index in [1.807, 2.05) is 0 Å². The molecule has 2 aromatic carbocycles. The van der Waals surface area contributed by atoms with Crippen LogP contribution in [0.1, 0.15) is 38.2 Å². The Morgan fingerprint density at radius 2 is 1.50 bits per heavy atom. The third kappa shape index (κ3) is 9.04. The molecule has 36 heavy (non-hydrogen) atoms. The van der Waals surface area contributed by atoms with E-state index < -0.39 is 46.7 Å². The summed E-state index contributed by atoms with van der Waals surface area (Å²) in [5.74, 6) is -2.86. The number of ether oxygens (including phenoxy) is 3. The number of rotatable bonds is 14. The summed E-state index contributed by atoms with van der Waals surface area (Å²) in [6, 6.07) is 9.78. The fourth-order valence-corrected chi connectivity index (χ4v) is 2.94. The fourth-order valence-electron chi connectivity index (χ4n) is 2.94. The second kappa shape index (κ2) is 13.4. The normalized spacial score (nSPS) is 12.2. The van der Waals surface area contributed by atoms with Crippen LogP contribution in [0.5, 0.6) is 5.75 Å². The zero-order valence-corrected chi connectivity index (χ0v) is 19.4. The summed E-state index contributed by atoms with van der Waals surface area (Å²) in [5, 5.41) is 19.6. The van der Waals surface area contributed by atoms with Gasteiger partial charge in [-0.3, -0.25) is 4.79 Å². The van der Waals surface area contributed by atoms with Gasteiger partial charge in [-0.15, -0.1) is 20.2 Å². The number of fused-ring (bicyclic) bond motifs is 1. The van der Waals surface area contributed by atoms with E-state index in [4.69, 9.17) is 14.2 Å². The van der Waals surface area contributed by atoms with Gasteiger partial charge in [0.2, 0.25) is 0 Å². The largest absolute Gasteiger partial charge is 0.463 e. The van der Waals surface area contributed by atoms with Gasteiger partial charge in [0.05, 0.1) is 19.1 Å². The van der Waals surface area contributed by atoms with E-state index in [0.717, 1.165) is 5.39 Å². The van der Waals surface area contributed by atoms with E-state index in [0.29, 0.717) is 23.8 Å². The van der Waals surface area contributed by atoms with Crippen molar-refractivity contribution in [1.82, 2.24) is 0 Å². The summed E-state index contributed by atoms with van der Waals surface area (Å²) < 4.78 is 15.2. The first kappa shape index (κ1) is 27.8. The number of nitrogens with zero attached hydrogens (tertiary/aromatic N) is 2. The van der Waals surface area contributed by atoms with Crippen molar-refractivity contribution in [3.05, 3.63) is 62.2 Å². The number of carbonyl (C=O) groups is 3. The van der Waals surface area contributed by atoms with Gasteiger partial charge >= 0.3 is 17.9 Å². The van der Waals surface area contributed by atoms with Crippen LogP contribution in [0.25, 0.3) is 10.8 Å². The first-order valence-corrected chi connectivity index (χ1v) is 10.7. The number of hydrogen-bond donors (Lipinski definition) is 0. The van der Waals surface area contributed by atoms with Gasteiger partial charge in [0, 0.05) is 0 Å². The monoisotopic (exact) mass is 508 g/mol. The molecule has 0 heterocycles. The summed E-state index contributed by atoms with van der Waals surface area (Å²) in [6.45, 7) is 2.05. The predicted octanol–water partition coefficient (Wildman–Crippen LogP) is 2.52.